The number of ether oxygens (including phenoxy) is 1. The van der Waals surface area contributed by atoms with E-state index < -0.39 is 0 Å². The number of hydrogen-bond acceptors (Lipinski definition) is 5. The fraction of sp³-hybridized carbons (Fsp3) is 0.261. The maximum atomic E-state index is 13.0. The van der Waals surface area contributed by atoms with Gasteiger partial charge in [-0.2, -0.15) is 0 Å². The van der Waals surface area contributed by atoms with Crippen molar-refractivity contribution in [3.05, 3.63) is 75.8 Å². The SMILES string of the molecule is COc1ccc2scc(N3CCN(C/C=C/c4ccccc4)CC3)c(=O)c2c1. The van der Waals surface area contributed by atoms with Crippen LogP contribution in [0.1, 0.15) is 5.56 Å². The van der Waals surface area contributed by atoms with Crippen LogP contribution in [0, 0.1) is 0 Å². The minimum absolute atomic E-state index is 0.102. The Hall–Kier alpha value is -2.63. The average Bonchev–Trinajstić information content (AvgIpc) is 2.75. The Balaban J connectivity index is 1.41. The van der Waals surface area contributed by atoms with Crippen LogP contribution in [0.2, 0.25) is 0 Å². The van der Waals surface area contributed by atoms with Gasteiger partial charge in [-0.3, -0.25) is 9.69 Å². The van der Waals surface area contributed by atoms with Gasteiger partial charge in [-0.05, 0) is 23.8 Å². The lowest BCUT2D eigenvalue weighted by molar-refractivity contribution is 0.284. The summed E-state index contributed by atoms with van der Waals surface area (Å²) in [6.45, 7) is 4.59. The highest BCUT2D eigenvalue weighted by Gasteiger charge is 2.19. The Labute approximate surface area is 169 Å². The Kier molecular flexibility index (Phi) is 5.74. The van der Waals surface area contributed by atoms with Crippen molar-refractivity contribution in [1.29, 1.82) is 0 Å². The molecule has 0 amide bonds. The lowest BCUT2D eigenvalue weighted by Crippen LogP contribution is -2.47. The molecule has 1 aliphatic heterocycles. The van der Waals surface area contributed by atoms with Gasteiger partial charge in [-0.15, -0.1) is 11.3 Å². The van der Waals surface area contributed by atoms with E-state index in [-0.39, 0.29) is 5.43 Å². The molecule has 0 saturated carbocycles. The monoisotopic (exact) mass is 392 g/mol. The predicted octanol–water partition coefficient (Wildman–Crippen LogP) is 4.11. The summed E-state index contributed by atoms with van der Waals surface area (Å²) in [5, 5.41) is 2.75. The fourth-order valence-corrected chi connectivity index (χ4v) is 4.44. The highest BCUT2D eigenvalue weighted by Crippen LogP contribution is 2.25. The van der Waals surface area contributed by atoms with Crippen molar-refractivity contribution in [2.24, 2.45) is 0 Å². The molecule has 1 aliphatic rings. The predicted molar refractivity (Wildman–Crippen MR) is 119 cm³/mol. The van der Waals surface area contributed by atoms with Crippen molar-refractivity contribution >= 4 is 33.2 Å². The summed E-state index contributed by atoms with van der Waals surface area (Å²) in [6, 6.07) is 16.1. The normalized spacial score (nSPS) is 15.4. The highest BCUT2D eigenvalue weighted by atomic mass is 32.1. The summed E-state index contributed by atoms with van der Waals surface area (Å²) in [5.74, 6) is 0.726. The molecule has 4 nitrogen and oxygen atoms in total. The lowest BCUT2D eigenvalue weighted by atomic mass is 10.2. The van der Waals surface area contributed by atoms with E-state index in [2.05, 4.69) is 46.2 Å². The first-order valence-corrected chi connectivity index (χ1v) is 10.4. The molecule has 0 bridgehead atoms. The zero-order chi connectivity index (χ0) is 19.3. The van der Waals surface area contributed by atoms with Gasteiger partial charge in [-0.1, -0.05) is 42.5 Å². The molecule has 1 fully saturated rings. The van der Waals surface area contributed by atoms with E-state index in [0.29, 0.717) is 0 Å². The standard InChI is InChI=1S/C23H24N2O2S/c1-27-19-9-10-22-20(16-19)23(26)21(17-28-22)25-14-12-24(13-15-25)11-5-8-18-6-3-2-4-7-18/h2-10,16-17H,11-15H2,1H3/b8-5+. The van der Waals surface area contributed by atoms with Gasteiger partial charge in [0.05, 0.1) is 12.8 Å². The van der Waals surface area contributed by atoms with Gasteiger partial charge in [0.15, 0.2) is 0 Å². The molecule has 0 unspecified atom stereocenters. The number of methoxy groups -OCH3 is 1. The fourth-order valence-electron chi connectivity index (χ4n) is 3.52. The molecule has 0 spiro atoms. The summed E-state index contributed by atoms with van der Waals surface area (Å²) in [7, 11) is 1.63. The molecule has 2 heterocycles. The van der Waals surface area contributed by atoms with E-state index >= 15 is 0 Å². The largest absolute Gasteiger partial charge is 0.497 e. The summed E-state index contributed by atoms with van der Waals surface area (Å²) in [4.78, 5) is 17.6. The van der Waals surface area contributed by atoms with E-state index in [1.807, 2.05) is 29.6 Å². The third kappa shape index (κ3) is 4.11. The molecule has 1 saturated heterocycles. The maximum Gasteiger partial charge on any atom is 0.211 e. The van der Waals surface area contributed by atoms with Gasteiger partial charge >= 0.3 is 0 Å². The second-order valence-electron chi connectivity index (χ2n) is 6.91. The van der Waals surface area contributed by atoms with Crippen LogP contribution in [0.3, 0.4) is 0 Å². The molecule has 144 valence electrons. The molecule has 0 radical (unpaired) electrons. The van der Waals surface area contributed by atoms with Crippen LogP contribution in [0.5, 0.6) is 5.75 Å². The van der Waals surface area contributed by atoms with Crippen LogP contribution < -0.4 is 15.1 Å². The third-order valence-electron chi connectivity index (χ3n) is 5.15. The number of benzene rings is 2. The average molecular weight is 393 g/mol. The minimum atomic E-state index is 0.102. The van der Waals surface area contributed by atoms with Gasteiger partial charge < -0.3 is 9.64 Å². The van der Waals surface area contributed by atoms with Gasteiger partial charge in [-0.25, -0.2) is 0 Å². The van der Waals surface area contributed by atoms with E-state index in [1.165, 1.54) is 5.56 Å². The zero-order valence-corrected chi connectivity index (χ0v) is 16.8. The molecule has 5 heteroatoms. The Morgan fingerprint density at radius 1 is 1.07 bits per heavy atom. The summed E-state index contributed by atoms with van der Waals surface area (Å²) < 4.78 is 6.28. The Morgan fingerprint density at radius 2 is 1.86 bits per heavy atom. The first-order chi connectivity index (χ1) is 13.7. The summed E-state index contributed by atoms with van der Waals surface area (Å²) in [5.41, 5.74) is 2.14. The van der Waals surface area contributed by atoms with Crippen molar-refractivity contribution in [1.82, 2.24) is 4.90 Å². The van der Waals surface area contributed by atoms with E-state index in [4.69, 9.17) is 4.74 Å². The van der Waals surface area contributed by atoms with Gasteiger partial charge in [0.25, 0.3) is 0 Å². The van der Waals surface area contributed by atoms with E-state index in [0.717, 1.165) is 54.2 Å². The summed E-state index contributed by atoms with van der Waals surface area (Å²) >= 11 is 1.62. The van der Waals surface area contributed by atoms with Crippen LogP contribution >= 0.6 is 11.3 Å². The number of hydrogen-bond donors (Lipinski definition) is 0. The first kappa shape index (κ1) is 18.7. The first-order valence-electron chi connectivity index (χ1n) is 9.53. The smallest absolute Gasteiger partial charge is 0.211 e. The number of piperazine rings is 1. The molecule has 2 aromatic carbocycles. The molecule has 3 aromatic rings. The lowest BCUT2D eigenvalue weighted by Gasteiger charge is -2.35. The van der Waals surface area contributed by atoms with E-state index in [9.17, 15) is 4.79 Å². The number of anilines is 1. The second kappa shape index (κ2) is 8.59. The van der Waals surface area contributed by atoms with Gasteiger partial charge in [0.2, 0.25) is 5.43 Å². The van der Waals surface area contributed by atoms with Crippen molar-refractivity contribution in [2.45, 2.75) is 0 Å². The second-order valence-corrected chi connectivity index (χ2v) is 7.82. The van der Waals surface area contributed by atoms with Crippen molar-refractivity contribution in [2.75, 3.05) is 44.7 Å². The molecule has 1 aromatic heterocycles. The van der Waals surface area contributed by atoms with Gasteiger partial charge in [0, 0.05) is 48.2 Å². The number of rotatable bonds is 5. The number of fused-ring (bicyclic) bond motifs is 1. The van der Waals surface area contributed by atoms with Gasteiger partial charge in [0.1, 0.15) is 5.75 Å². The molecule has 28 heavy (non-hydrogen) atoms. The van der Waals surface area contributed by atoms with Crippen LogP contribution in [-0.2, 0) is 0 Å². The van der Waals surface area contributed by atoms with E-state index in [1.54, 1.807) is 18.4 Å². The highest BCUT2D eigenvalue weighted by molar-refractivity contribution is 7.16. The van der Waals surface area contributed by atoms with Crippen LogP contribution in [0.25, 0.3) is 16.2 Å². The van der Waals surface area contributed by atoms with Crippen LogP contribution in [0.4, 0.5) is 5.69 Å². The van der Waals surface area contributed by atoms with Crippen molar-refractivity contribution in [3.8, 4) is 5.75 Å². The molecule has 0 N–H and O–H groups in total. The topological polar surface area (TPSA) is 32.8 Å². The molecule has 4 rings (SSSR count). The minimum Gasteiger partial charge on any atom is -0.497 e. The van der Waals surface area contributed by atoms with Crippen LogP contribution in [-0.4, -0.2) is 44.7 Å². The zero-order valence-electron chi connectivity index (χ0n) is 16.0. The summed E-state index contributed by atoms with van der Waals surface area (Å²) in [6.07, 6.45) is 4.38. The van der Waals surface area contributed by atoms with Crippen molar-refractivity contribution < 1.29 is 4.74 Å². The third-order valence-corrected chi connectivity index (χ3v) is 6.10. The van der Waals surface area contributed by atoms with Crippen molar-refractivity contribution in [3.63, 3.8) is 0 Å². The number of nitrogens with zero attached hydrogens (tertiary/aromatic N) is 2. The maximum absolute atomic E-state index is 13.0. The molecule has 0 atom stereocenters. The molecular formula is C23H24N2O2S. The molecule has 0 aliphatic carbocycles. The Morgan fingerprint density at radius 3 is 2.61 bits per heavy atom. The quantitative estimate of drug-likeness (QED) is 0.654. The molecular weight excluding hydrogens is 368 g/mol. The Bertz CT molecular complexity index is 1020. The van der Waals surface area contributed by atoms with Crippen LogP contribution in [0.15, 0.2) is 64.8 Å².